The van der Waals surface area contributed by atoms with Gasteiger partial charge >= 0.3 is 0 Å². The molecular weight excluding hydrogens is 799 g/mol. The quantitative estimate of drug-likeness (QED) is 0.171. The molecule has 1 atom stereocenters. The second kappa shape index (κ2) is 14.0. The summed E-state index contributed by atoms with van der Waals surface area (Å²) in [5.41, 5.74) is 17.0. The second-order valence-electron chi connectivity index (χ2n) is 17.9. The number of rotatable bonds is 5. The van der Waals surface area contributed by atoms with Gasteiger partial charge in [-0.25, -0.2) is 0 Å². The third-order valence-electron chi connectivity index (χ3n) is 14.8. The van der Waals surface area contributed by atoms with E-state index in [1.165, 1.54) is 82.7 Å². The Labute approximate surface area is 384 Å². The van der Waals surface area contributed by atoms with E-state index >= 15 is 0 Å². The Morgan fingerprint density at radius 2 is 0.788 bits per heavy atom. The first-order chi connectivity index (χ1) is 32.7. The highest BCUT2D eigenvalue weighted by Gasteiger charge is 2.52. The number of hydrogen-bond acceptors (Lipinski definition) is 2. The molecule has 0 N–H and O–H groups in total. The molecule has 1 heterocycles. The minimum atomic E-state index is -0.660. The first-order valence-corrected chi connectivity index (χ1v) is 22.9. The van der Waals surface area contributed by atoms with Crippen LogP contribution in [-0.4, -0.2) is 0 Å². The summed E-state index contributed by atoms with van der Waals surface area (Å²) in [6.45, 7) is 0. The highest BCUT2D eigenvalue weighted by atomic mass is 16.5. The van der Waals surface area contributed by atoms with E-state index in [-0.39, 0.29) is 0 Å². The molecule has 2 aliphatic carbocycles. The van der Waals surface area contributed by atoms with Crippen molar-refractivity contribution in [2.45, 2.75) is 10.8 Å². The lowest BCUT2D eigenvalue weighted by Crippen LogP contribution is -2.32. The summed E-state index contributed by atoms with van der Waals surface area (Å²) < 4.78 is 6.92. The van der Waals surface area contributed by atoms with Gasteiger partial charge in [0.15, 0.2) is 0 Å². The van der Waals surface area contributed by atoms with Crippen molar-refractivity contribution >= 4 is 38.6 Å². The SMILES string of the molecule is c1ccc(C2(c3ccccc3)c3ccccc3-c3ccc(N(c4ccc5c(c4)C4(c6ccccc6Oc6ccc7ccccc7c64)c4ccccc4-5)c4cccc5ccccc45)cc32)cc1. The van der Waals surface area contributed by atoms with Crippen LogP contribution in [-0.2, 0) is 10.8 Å². The number of anilines is 3. The molecular formula is C64H41NO. The Bertz CT molecular complexity index is 3710. The van der Waals surface area contributed by atoms with Crippen LogP contribution in [0.2, 0.25) is 0 Å². The van der Waals surface area contributed by atoms with Crippen LogP contribution < -0.4 is 9.64 Å². The van der Waals surface area contributed by atoms with Gasteiger partial charge in [-0.05, 0) is 114 Å². The zero-order chi connectivity index (χ0) is 43.4. The fourth-order valence-electron chi connectivity index (χ4n) is 12.2. The van der Waals surface area contributed by atoms with Crippen molar-refractivity contribution in [2.24, 2.45) is 0 Å². The van der Waals surface area contributed by atoms with Crippen molar-refractivity contribution in [3.05, 3.63) is 293 Å². The molecule has 14 rings (SSSR count). The fraction of sp³-hybridized carbons (Fsp3) is 0.0312. The molecule has 0 saturated heterocycles. The van der Waals surface area contributed by atoms with Gasteiger partial charge in [0.1, 0.15) is 11.5 Å². The maximum atomic E-state index is 6.92. The predicted octanol–water partition coefficient (Wildman–Crippen LogP) is 16.3. The van der Waals surface area contributed by atoms with Gasteiger partial charge in [0.2, 0.25) is 0 Å². The van der Waals surface area contributed by atoms with E-state index in [1.54, 1.807) is 0 Å². The van der Waals surface area contributed by atoms with Gasteiger partial charge in [-0.2, -0.15) is 0 Å². The molecule has 3 aliphatic rings. The van der Waals surface area contributed by atoms with Crippen LogP contribution in [0.15, 0.2) is 249 Å². The van der Waals surface area contributed by atoms with Crippen LogP contribution in [0.3, 0.4) is 0 Å². The lowest BCUT2D eigenvalue weighted by atomic mass is 9.65. The molecule has 1 aliphatic heterocycles. The molecule has 66 heavy (non-hydrogen) atoms. The van der Waals surface area contributed by atoms with Gasteiger partial charge in [-0.1, -0.05) is 206 Å². The Kier molecular flexibility index (Phi) is 7.85. The predicted molar refractivity (Wildman–Crippen MR) is 271 cm³/mol. The highest BCUT2D eigenvalue weighted by molar-refractivity contribution is 6.02. The number of nitrogens with zero attached hydrogens (tertiary/aromatic N) is 1. The second-order valence-corrected chi connectivity index (χ2v) is 17.9. The highest BCUT2D eigenvalue weighted by Crippen LogP contribution is 2.64. The number of benzene rings is 11. The fourth-order valence-corrected chi connectivity index (χ4v) is 12.2. The lowest BCUT2D eigenvalue weighted by Gasteiger charge is -2.40. The van der Waals surface area contributed by atoms with E-state index in [0.29, 0.717) is 0 Å². The molecule has 11 aromatic rings. The molecule has 2 nitrogen and oxygen atoms in total. The monoisotopic (exact) mass is 839 g/mol. The maximum Gasteiger partial charge on any atom is 0.132 e. The van der Waals surface area contributed by atoms with Crippen molar-refractivity contribution in [1.29, 1.82) is 0 Å². The average molecular weight is 840 g/mol. The van der Waals surface area contributed by atoms with Crippen LogP contribution in [0.4, 0.5) is 17.1 Å². The summed E-state index contributed by atoms with van der Waals surface area (Å²) in [4.78, 5) is 2.51. The number of fused-ring (bicyclic) bond motifs is 15. The number of para-hydroxylation sites is 1. The van der Waals surface area contributed by atoms with Crippen LogP contribution in [0.25, 0.3) is 43.8 Å². The van der Waals surface area contributed by atoms with Gasteiger partial charge < -0.3 is 9.64 Å². The van der Waals surface area contributed by atoms with Crippen molar-refractivity contribution in [2.75, 3.05) is 4.90 Å². The summed E-state index contributed by atoms with van der Waals surface area (Å²) in [6, 6.07) is 92.0. The van der Waals surface area contributed by atoms with E-state index in [4.69, 9.17) is 4.74 Å². The number of ether oxygens (including phenoxy) is 1. The zero-order valence-electron chi connectivity index (χ0n) is 36.0. The third kappa shape index (κ3) is 4.90. The smallest absolute Gasteiger partial charge is 0.132 e. The molecule has 0 fully saturated rings. The number of hydrogen-bond donors (Lipinski definition) is 0. The molecule has 1 unspecified atom stereocenters. The summed E-state index contributed by atoms with van der Waals surface area (Å²) in [7, 11) is 0. The normalized spacial score (nSPS) is 15.6. The van der Waals surface area contributed by atoms with Crippen LogP contribution in [0, 0.1) is 0 Å². The summed E-state index contributed by atoms with van der Waals surface area (Å²) in [5.74, 6) is 1.78. The van der Waals surface area contributed by atoms with Gasteiger partial charge in [0.05, 0.1) is 16.5 Å². The molecule has 0 radical (unpaired) electrons. The first-order valence-electron chi connectivity index (χ1n) is 22.9. The Balaban J connectivity index is 1.08. The van der Waals surface area contributed by atoms with Gasteiger partial charge in [-0.15, -0.1) is 0 Å². The summed E-state index contributed by atoms with van der Waals surface area (Å²) in [5, 5.41) is 4.77. The maximum absolute atomic E-state index is 6.92. The van der Waals surface area contributed by atoms with E-state index < -0.39 is 10.8 Å². The van der Waals surface area contributed by atoms with Gasteiger partial charge in [0, 0.05) is 27.9 Å². The molecule has 2 heteroatoms. The van der Waals surface area contributed by atoms with Crippen molar-refractivity contribution in [3.8, 4) is 33.8 Å². The largest absolute Gasteiger partial charge is 0.457 e. The lowest BCUT2D eigenvalue weighted by molar-refractivity contribution is 0.438. The molecule has 0 bridgehead atoms. The average Bonchev–Trinajstić information content (AvgIpc) is 3.84. The molecule has 1 spiro atoms. The van der Waals surface area contributed by atoms with Crippen molar-refractivity contribution in [1.82, 2.24) is 0 Å². The molecule has 0 amide bonds. The van der Waals surface area contributed by atoms with Gasteiger partial charge in [-0.3, -0.25) is 0 Å². The van der Waals surface area contributed by atoms with Crippen LogP contribution in [0.1, 0.15) is 44.5 Å². The molecule has 0 saturated carbocycles. The topological polar surface area (TPSA) is 12.5 Å². The van der Waals surface area contributed by atoms with Crippen molar-refractivity contribution in [3.63, 3.8) is 0 Å². The van der Waals surface area contributed by atoms with Gasteiger partial charge in [0.25, 0.3) is 0 Å². The Hall–Kier alpha value is -8.46. The molecule has 308 valence electrons. The minimum absolute atomic E-state index is 0.547. The van der Waals surface area contributed by atoms with Crippen LogP contribution in [0.5, 0.6) is 11.5 Å². The third-order valence-corrected chi connectivity index (χ3v) is 14.8. The van der Waals surface area contributed by atoms with E-state index in [1.807, 2.05) is 0 Å². The minimum Gasteiger partial charge on any atom is -0.457 e. The van der Waals surface area contributed by atoms with Crippen LogP contribution >= 0.6 is 0 Å². The van der Waals surface area contributed by atoms with E-state index in [9.17, 15) is 0 Å². The Morgan fingerprint density at radius 1 is 0.303 bits per heavy atom. The Morgan fingerprint density at radius 3 is 1.45 bits per heavy atom. The first kappa shape index (κ1) is 37.0. The standard InChI is InChI=1S/C64H41NO/c1-3-21-44(22-4-1)63(45-23-5-2-6-24-45)54-29-13-11-27-50(54)52-37-35-46(40-57(52)63)65(59-32-17-20-42-18-7-9-25-48(42)59)47-36-38-53-51-28-12-14-30-55(51)64(58(53)41-47)56-31-15-16-33-60(56)66-61-39-34-43-19-8-10-26-49(43)62(61)64/h1-41H. The molecule has 0 aromatic heterocycles. The molecule has 11 aromatic carbocycles. The summed E-state index contributed by atoms with van der Waals surface area (Å²) >= 11 is 0. The summed E-state index contributed by atoms with van der Waals surface area (Å²) in [6.07, 6.45) is 0. The zero-order valence-corrected chi connectivity index (χ0v) is 36.0. The van der Waals surface area contributed by atoms with E-state index in [2.05, 4.69) is 254 Å². The van der Waals surface area contributed by atoms with E-state index in [0.717, 1.165) is 34.1 Å². The van der Waals surface area contributed by atoms with Crippen molar-refractivity contribution < 1.29 is 4.74 Å².